The summed E-state index contributed by atoms with van der Waals surface area (Å²) in [5.41, 5.74) is 1.53. The summed E-state index contributed by atoms with van der Waals surface area (Å²) in [7, 11) is 0. The van der Waals surface area contributed by atoms with E-state index in [1.165, 1.54) is 12.0 Å². The first-order valence-corrected chi connectivity index (χ1v) is 11.5. The fourth-order valence-electron chi connectivity index (χ4n) is 3.75. The van der Waals surface area contributed by atoms with E-state index in [-0.39, 0.29) is 17.0 Å². The molecule has 0 unspecified atom stereocenters. The zero-order chi connectivity index (χ0) is 22.5. The number of allylic oxidation sites excluding steroid dienone is 2. The van der Waals surface area contributed by atoms with E-state index in [0.29, 0.717) is 22.6 Å². The summed E-state index contributed by atoms with van der Waals surface area (Å²) in [4.78, 5) is 30.1. The first-order valence-electron chi connectivity index (χ1n) is 10.6. The second-order valence-corrected chi connectivity index (χ2v) is 8.63. The second kappa shape index (κ2) is 10.1. The summed E-state index contributed by atoms with van der Waals surface area (Å²) < 4.78 is 28.8. The molecule has 1 heterocycles. The second-order valence-electron chi connectivity index (χ2n) is 7.69. The van der Waals surface area contributed by atoms with E-state index in [9.17, 15) is 18.4 Å². The normalized spacial score (nSPS) is 13.8. The summed E-state index contributed by atoms with van der Waals surface area (Å²) in [6, 6.07) is 9.98. The smallest absolute Gasteiger partial charge is 0.262 e. The first-order chi connectivity index (χ1) is 15.5. The Labute approximate surface area is 188 Å². The summed E-state index contributed by atoms with van der Waals surface area (Å²) in [6.45, 7) is 0.477. The lowest BCUT2D eigenvalue weighted by Crippen LogP contribution is -2.25. The van der Waals surface area contributed by atoms with Crippen molar-refractivity contribution in [1.29, 1.82) is 0 Å². The van der Waals surface area contributed by atoms with Crippen LogP contribution in [0.5, 0.6) is 0 Å². The molecule has 1 amide bonds. The van der Waals surface area contributed by atoms with Crippen LogP contribution in [0.4, 0.5) is 14.5 Å². The zero-order valence-corrected chi connectivity index (χ0v) is 18.3. The Morgan fingerprint density at radius 1 is 1.16 bits per heavy atom. The van der Waals surface area contributed by atoms with Crippen LogP contribution in [-0.2, 0) is 11.3 Å². The van der Waals surface area contributed by atoms with Gasteiger partial charge in [0.1, 0.15) is 11.6 Å². The Balaban J connectivity index is 1.54. The number of para-hydroxylation sites is 1. The minimum atomic E-state index is -0.716. The van der Waals surface area contributed by atoms with E-state index in [1.807, 2.05) is 0 Å². The van der Waals surface area contributed by atoms with Crippen molar-refractivity contribution in [2.24, 2.45) is 0 Å². The molecule has 0 saturated heterocycles. The van der Waals surface area contributed by atoms with E-state index in [0.717, 1.165) is 55.6 Å². The molecule has 5 nitrogen and oxygen atoms in total. The van der Waals surface area contributed by atoms with Gasteiger partial charge < -0.3 is 5.32 Å². The largest absolute Gasteiger partial charge is 0.323 e. The average molecular weight is 456 g/mol. The quantitative estimate of drug-likeness (QED) is 0.298. The fraction of sp³-hybridized carbons (Fsp3) is 0.292. The van der Waals surface area contributed by atoms with E-state index in [2.05, 4.69) is 16.4 Å². The first kappa shape index (κ1) is 22.2. The number of halogens is 2. The van der Waals surface area contributed by atoms with E-state index in [4.69, 9.17) is 0 Å². The van der Waals surface area contributed by atoms with Crippen LogP contribution >= 0.6 is 11.8 Å². The minimum Gasteiger partial charge on any atom is -0.323 e. The van der Waals surface area contributed by atoms with Crippen LogP contribution in [-0.4, -0.2) is 21.2 Å². The summed E-state index contributed by atoms with van der Waals surface area (Å²) >= 11 is 1.10. The number of nitrogens with zero attached hydrogens (tertiary/aromatic N) is 2. The van der Waals surface area contributed by atoms with Crippen molar-refractivity contribution in [2.45, 2.75) is 43.8 Å². The number of amides is 1. The number of hydrogen-bond donors (Lipinski definition) is 1. The minimum absolute atomic E-state index is 0.0938. The number of carbonyl (C=O) groups excluding carboxylic acids is 1. The molecule has 0 spiro atoms. The third-order valence-electron chi connectivity index (χ3n) is 5.40. The van der Waals surface area contributed by atoms with Gasteiger partial charge in [-0.25, -0.2) is 13.8 Å². The van der Waals surface area contributed by atoms with Crippen molar-refractivity contribution in [3.8, 4) is 0 Å². The number of fused-ring (bicyclic) bond motifs is 1. The lowest BCUT2D eigenvalue weighted by molar-refractivity contribution is -0.113. The van der Waals surface area contributed by atoms with Crippen LogP contribution in [0.1, 0.15) is 32.1 Å². The highest BCUT2D eigenvalue weighted by Crippen LogP contribution is 2.23. The van der Waals surface area contributed by atoms with Gasteiger partial charge in [-0.1, -0.05) is 35.5 Å². The maximum absolute atomic E-state index is 13.8. The highest BCUT2D eigenvalue weighted by atomic mass is 32.2. The predicted octanol–water partition coefficient (Wildman–Crippen LogP) is 5.30. The van der Waals surface area contributed by atoms with E-state index < -0.39 is 17.5 Å². The number of thioether (sulfide) groups is 1. The van der Waals surface area contributed by atoms with Gasteiger partial charge in [-0.15, -0.1) is 0 Å². The van der Waals surface area contributed by atoms with E-state index >= 15 is 0 Å². The summed E-state index contributed by atoms with van der Waals surface area (Å²) in [6.07, 6.45) is 7.47. The SMILES string of the molecule is O=C(CSc1nc2ccccc2c(=O)n1CCC1=CCCCC1)Nc1cc(F)ccc1F. The topological polar surface area (TPSA) is 64.0 Å². The number of anilines is 1. The number of aromatic nitrogens is 2. The maximum Gasteiger partial charge on any atom is 0.262 e. The highest BCUT2D eigenvalue weighted by molar-refractivity contribution is 7.99. The van der Waals surface area contributed by atoms with Crippen LogP contribution in [0.15, 0.2) is 64.1 Å². The highest BCUT2D eigenvalue weighted by Gasteiger charge is 2.15. The Bertz CT molecular complexity index is 1240. The van der Waals surface area contributed by atoms with Crippen LogP contribution < -0.4 is 10.9 Å². The molecule has 4 rings (SSSR count). The monoisotopic (exact) mass is 455 g/mol. The Kier molecular flexibility index (Phi) is 6.99. The molecule has 1 aliphatic rings. The molecule has 0 atom stereocenters. The molecule has 1 aromatic heterocycles. The van der Waals surface area contributed by atoms with Gasteiger partial charge >= 0.3 is 0 Å². The Hall–Kier alpha value is -3.00. The molecular formula is C24H23F2N3O2S. The fourth-order valence-corrected chi connectivity index (χ4v) is 4.58. The average Bonchev–Trinajstić information content (AvgIpc) is 2.80. The van der Waals surface area contributed by atoms with Gasteiger partial charge in [-0.3, -0.25) is 14.2 Å². The molecule has 166 valence electrons. The van der Waals surface area contributed by atoms with Crippen molar-refractivity contribution in [3.63, 3.8) is 0 Å². The molecule has 0 fully saturated rings. The number of carbonyl (C=O) groups is 1. The number of hydrogen-bond acceptors (Lipinski definition) is 4. The maximum atomic E-state index is 13.8. The predicted molar refractivity (Wildman–Crippen MR) is 123 cm³/mol. The van der Waals surface area contributed by atoms with Crippen LogP contribution in [0.3, 0.4) is 0 Å². The van der Waals surface area contributed by atoms with Crippen molar-refractivity contribution in [2.75, 3.05) is 11.1 Å². The van der Waals surface area contributed by atoms with E-state index in [1.54, 1.807) is 28.8 Å². The molecule has 0 bridgehead atoms. The van der Waals surface area contributed by atoms with Crippen LogP contribution in [0.25, 0.3) is 10.9 Å². The molecule has 1 N–H and O–H groups in total. The molecule has 3 aromatic rings. The molecular weight excluding hydrogens is 432 g/mol. The summed E-state index contributed by atoms with van der Waals surface area (Å²) in [5, 5.41) is 3.34. The van der Waals surface area contributed by atoms with Gasteiger partial charge in [0.25, 0.3) is 5.56 Å². The van der Waals surface area contributed by atoms with Gasteiger partial charge in [0.15, 0.2) is 5.16 Å². The van der Waals surface area contributed by atoms with Crippen LogP contribution in [0, 0.1) is 11.6 Å². The molecule has 32 heavy (non-hydrogen) atoms. The van der Waals surface area contributed by atoms with Gasteiger partial charge in [-0.2, -0.15) is 0 Å². The van der Waals surface area contributed by atoms with Crippen molar-refractivity contribution < 1.29 is 13.6 Å². The van der Waals surface area contributed by atoms with Gasteiger partial charge in [0.05, 0.1) is 22.3 Å². The van der Waals surface area contributed by atoms with Gasteiger partial charge in [0, 0.05) is 12.6 Å². The lowest BCUT2D eigenvalue weighted by Gasteiger charge is -2.16. The molecule has 0 aliphatic heterocycles. The van der Waals surface area contributed by atoms with Gasteiger partial charge in [-0.05, 0) is 56.4 Å². The van der Waals surface area contributed by atoms with Crippen molar-refractivity contribution in [1.82, 2.24) is 9.55 Å². The number of nitrogens with one attached hydrogen (secondary N) is 1. The third-order valence-corrected chi connectivity index (χ3v) is 6.38. The van der Waals surface area contributed by atoms with Crippen molar-refractivity contribution in [3.05, 3.63) is 76.1 Å². The zero-order valence-electron chi connectivity index (χ0n) is 17.4. The van der Waals surface area contributed by atoms with Crippen LogP contribution in [0.2, 0.25) is 0 Å². The molecule has 8 heteroatoms. The molecule has 1 aliphatic carbocycles. The molecule has 0 saturated carbocycles. The van der Waals surface area contributed by atoms with Crippen molar-refractivity contribution >= 4 is 34.3 Å². The number of benzene rings is 2. The molecule has 2 aromatic carbocycles. The summed E-state index contributed by atoms with van der Waals surface area (Å²) in [5.74, 6) is -1.96. The standard InChI is InChI=1S/C24H23F2N3O2S/c25-17-10-11-19(26)21(14-17)27-22(30)15-32-24-28-20-9-5-4-8-18(20)23(31)29(24)13-12-16-6-2-1-3-7-16/h4-6,8-11,14H,1-3,7,12-13,15H2,(H,27,30). The Morgan fingerprint density at radius 3 is 2.81 bits per heavy atom. The third kappa shape index (κ3) is 5.24. The molecule has 0 radical (unpaired) electrons. The lowest BCUT2D eigenvalue weighted by atomic mass is 9.97. The van der Waals surface area contributed by atoms with Gasteiger partial charge in [0.2, 0.25) is 5.91 Å². The number of rotatable bonds is 7. The Morgan fingerprint density at radius 2 is 2.00 bits per heavy atom.